The smallest absolute Gasteiger partial charge is 0.257 e. The predicted molar refractivity (Wildman–Crippen MR) is 106 cm³/mol. The van der Waals surface area contributed by atoms with Crippen molar-refractivity contribution >= 4 is 28.4 Å². The van der Waals surface area contributed by atoms with Crippen molar-refractivity contribution in [2.45, 2.75) is 6.54 Å². The van der Waals surface area contributed by atoms with Crippen molar-refractivity contribution in [2.75, 3.05) is 6.61 Å². The van der Waals surface area contributed by atoms with Crippen LogP contribution >= 0.6 is 11.6 Å². The van der Waals surface area contributed by atoms with Gasteiger partial charge in [0.2, 0.25) is 5.43 Å². The third-order valence-electron chi connectivity index (χ3n) is 4.11. The maximum Gasteiger partial charge on any atom is 0.257 e. The number of carbonyl (C=O) groups excluding carboxylic acids is 1. The van der Waals surface area contributed by atoms with E-state index in [1.54, 1.807) is 41.9 Å². The first-order valence-corrected chi connectivity index (χ1v) is 8.63. The highest BCUT2D eigenvalue weighted by Gasteiger charge is 2.14. The second-order valence-corrected chi connectivity index (χ2v) is 6.42. The molecule has 0 aliphatic carbocycles. The van der Waals surface area contributed by atoms with E-state index in [-0.39, 0.29) is 17.6 Å². The highest BCUT2D eigenvalue weighted by atomic mass is 35.5. The lowest BCUT2D eigenvalue weighted by Crippen LogP contribution is -2.29. The number of rotatable bonds is 3. The SMILES string of the molecule is Cn1cc(C(=O)NCc2ccc(Cl)cc2)c(=O)c2cc(C#CCO)ccc21. The van der Waals surface area contributed by atoms with Crippen molar-refractivity contribution in [3.8, 4) is 11.8 Å². The van der Waals surface area contributed by atoms with Gasteiger partial charge in [-0.15, -0.1) is 0 Å². The van der Waals surface area contributed by atoms with Crippen LogP contribution in [0.3, 0.4) is 0 Å². The van der Waals surface area contributed by atoms with Gasteiger partial charge in [-0.25, -0.2) is 0 Å². The minimum absolute atomic E-state index is 0.0613. The number of aliphatic hydroxyl groups excluding tert-OH is 1. The molecule has 1 amide bonds. The largest absolute Gasteiger partial charge is 0.384 e. The van der Waals surface area contributed by atoms with Crippen LogP contribution in [0.1, 0.15) is 21.5 Å². The Bertz CT molecular complexity index is 1120. The van der Waals surface area contributed by atoms with Gasteiger partial charge in [-0.05, 0) is 35.9 Å². The van der Waals surface area contributed by atoms with Gasteiger partial charge in [-0.2, -0.15) is 0 Å². The summed E-state index contributed by atoms with van der Waals surface area (Å²) in [6.45, 7) is 0.0302. The molecule has 3 aromatic rings. The molecular formula is C21H17ClN2O3. The lowest BCUT2D eigenvalue weighted by atomic mass is 10.1. The van der Waals surface area contributed by atoms with Gasteiger partial charge in [-0.1, -0.05) is 35.6 Å². The molecule has 0 radical (unpaired) electrons. The standard InChI is InChI=1S/C21H17ClN2O3/c1-24-13-18(21(27)23-12-15-4-7-16(22)8-5-15)20(26)17-11-14(3-2-10-25)6-9-19(17)24/h4-9,11,13,25H,10,12H2,1H3,(H,23,27). The van der Waals surface area contributed by atoms with E-state index in [4.69, 9.17) is 16.7 Å². The second-order valence-electron chi connectivity index (χ2n) is 5.98. The van der Waals surface area contributed by atoms with Crippen LogP contribution in [-0.2, 0) is 13.6 Å². The van der Waals surface area contributed by atoms with Crippen molar-refractivity contribution in [3.05, 3.63) is 80.6 Å². The van der Waals surface area contributed by atoms with Gasteiger partial charge in [0.05, 0.1) is 5.52 Å². The van der Waals surface area contributed by atoms with E-state index in [0.29, 0.717) is 28.0 Å². The van der Waals surface area contributed by atoms with Gasteiger partial charge >= 0.3 is 0 Å². The maximum absolute atomic E-state index is 12.8. The summed E-state index contributed by atoms with van der Waals surface area (Å²) in [5, 5.41) is 12.6. The molecule has 5 nitrogen and oxygen atoms in total. The normalized spacial score (nSPS) is 10.3. The van der Waals surface area contributed by atoms with Crippen LogP contribution in [0.25, 0.3) is 10.9 Å². The average molecular weight is 381 g/mol. The number of aryl methyl sites for hydroxylation is 1. The molecule has 6 heteroatoms. The van der Waals surface area contributed by atoms with Crippen LogP contribution in [0.2, 0.25) is 5.02 Å². The zero-order chi connectivity index (χ0) is 19.4. The molecule has 27 heavy (non-hydrogen) atoms. The number of hydrogen-bond donors (Lipinski definition) is 2. The zero-order valence-electron chi connectivity index (χ0n) is 14.6. The molecule has 0 bridgehead atoms. The number of carbonyl (C=O) groups is 1. The van der Waals surface area contributed by atoms with E-state index in [1.165, 1.54) is 6.20 Å². The highest BCUT2D eigenvalue weighted by molar-refractivity contribution is 6.30. The Labute approximate surface area is 161 Å². The fourth-order valence-corrected chi connectivity index (χ4v) is 2.88. The van der Waals surface area contributed by atoms with Crippen LogP contribution in [0.5, 0.6) is 0 Å². The highest BCUT2D eigenvalue weighted by Crippen LogP contribution is 2.14. The molecule has 1 aromatic heterocycles. The maximum atomic E-state index is 12.8. The van der Waals surface area contributed by atoms with Crippen LogP contribution in [0, 0.1) is 11.8 Å². The lowest BCUT2D eigenvalue weighted by Gasteiger charge is -2.10. The molecule has 0 unspecified atom stereocenters. The number of fused-ring (bicyclic) bond motifs is 1. The van der Waals surface area contributed by atoms with E-state index < -0.39 is 5.91 Å². The summed E-state index contributed by atoms with van der Waals surface area (Å²) >= 11 is 5.85. The molecule has 0 aliphatic heterocycles. The summed E-state index contributed by atoms with van der Waals surface area (Å²) < 4.78 is 1.73. The van der Waals surface area contributed by atoms with Crippen molar-refractivity contribution in [1.29, 1.82) is 0 Å². The van der Waals surface area contributed by atoms with Crippen molar-refractivity contribution < 1.29 is 9.90 Å². The van der Waals surface area contributed by atoms with Crippen LogP contribution in [-0.4, -0.2) is 22.2 Å². The summed E-state index contributed by atoms with van der Waals surface area (Å²) in [7, 11) is 1.77. The molecule has 0 atom stereocenters. The van der Waals surface area contributed by atoms with Gasteiger partial charge in [0.1, 0.15) is 12.2 Å². The minimum Gasteiger partial charge on any atom is -0.384 e. The number of hydrogen-bond acceptors (Lipinski definition) is 3. The first kappa shape index (κ1) is 18.7. The lowest BCUT2D eigenvalue weighted by molar-refractivity contribution is 0.0949. The van der Waals surface area contributed by atoms with Gasteiger partial charge in [0.15, 0.2) is 0 Å². The number of aromatic nitrogens is 1. The summed E-state index contributed by atoms with van der Waals surface area (Å²) in [4.78, 5) is 25.4. The number of benzene rings is 2. The van der Waals surface area contributed by atoms with Crippen LogP contribution < -0.4 is 10.7 Å². The average Bonchev–Trinajstić information content (AvgIpc) is 2.68. The molecule has 2 N–H and O–H groups in total. The van der Waals surface area contributed by atoms with Gasteiger partial charge in [-0.3, -0.25) is 9.59 Å². The zero-order valence-corrected chi connectivity index (χ0v) is 15.4. The Kier molecular flexibility index (Phi) is 5.60. The Morgan fingerprint density at radius 1 is 1.22 bits per heavy atom. The summed E-state index contributed by atoms with van der Waals surface area (Å²) in [5.41, 5.74) is 1.89. The van der Waals surface area contributed by atoms with Crippen molar-refractivity contribution in [2.24, 2.45) is 7.05 Å². The third kappa shape index (κ3) is 4.20. The monoisotopic (exact) mass is 380 g/mol. The molecule has 0 saturated heterocycles. The Hall–Kier alpha value is -3.07. The van der Waals surface area contributed by atoms with Gasteiger partial charge in [0, 0.05) is 35.8 Å². The molecule has 0 spiro atoms. The Morgan fingerprint density at radius 3 is 2.67 bits per heavy atom. The van der Waals surface area contributed by atoms with E-state index >= 15 is 0 Å². The first-order chi connectivity index (χ1) is 13.0. The number of nitrogens with zero attached hydrogens (tertiary/aromatic N) is 1. The number of pyridine rings is 1. The second kappa shape index (κ2) is 8.09. The number of nitrogens with one attached hydrogen (secondary N) is 1. The van der Waals surface area contributed by atoms with Crippen molar-refractivity contribution in [1.82, 2.24) is 9.88 Å². The molecule has 0 aliphatic rings. The fraction of sp³-hybridized carbons (Fsp3) is 0.143. The van der Waals surface area contributed by atoms with Gasteiger partial charge in [0.25, 0.3) is 5.91 Å². The molecule has 136 valence electrons. The van der Waals surface area contributed by atoms with E-state index in [1.807, 2.05) is 12.1 Å². The van der Waals surface area contributed by atoms with E-state index in [2.05, 4.69) is 17.2 Å². The Balaban J connectivity index is 1.93. The molecule has 3 rings (SSSR count). The van der Waals surface area contributed by atoms with E-state index in [0.717, 1.165) is 5.56 Å². The fourth-order valence-electron chi connectivity index (χ4n) is 2.75. The molecule has 1 heterocycles. The topological polar surface area (TPSA) is 71.3 Å². The van der Waals surface area contributed by atoms with Crippen molar-refractivity contribution in [3.63, 3.8) is 0 Å². The van der Waals surface area contributed by atoms with Crippen LogP contribution in [0.4, 0.5) is 0 Å². The summed E-state index contributed by atoms with van der Waals surface area (Å²) in [6.07, 6.45) is 1.53. The molecule has 0 saturated carbocycles. The number of halogens is 1. The molecule has 0 fully saturated rings. The van der Waals surface area contributed by atoms with Crippen LogP contribution in [0.15, 0.2) is 53.5 Å². The minimum atomic E-state index is -0.445. The molecule has 2 aromatic carbocycles. The van der Waals surface area contributed by atoms with Gasteiger partial charge < -0.3 is 15.0 Å². The third-order valence-corrected chi connectivity index (χ3v) is 4.36. The Morgan fingerprint density at radius 2 is 1.96 bits per heavy atom. The first-order valence-electron chi connectivity index (χ1n) is 8.25. The number of aliphatic hydroxyl groups is 1. The quantitative estimate of drug-likeness (QED) is 0.686. The number of amides is 1. The molecular weight excluding hydrogens is 364 g/mol. The predicted octanol–water partition coefficient (Wildman–Crippen LogP) is 2.47. The summed E-state index contributed by atoms with van der Waals surface area (Å²) in [5.74, 6) is 4.88. The van der Waals surface area contributed by atoms with E-state index in [9.17, 15) is 9.59 Å². The summed E-state index contributed by atoms with van der Waals surface area (Å²) in [6, 6.07) is 12.3.